The van der Waals surface area contributed by atoms with E-state index in [0.29, 0.717) is 17.9 Å². The van der Waals surface area contributed by atoms with Gasteiger partial charge in [0.05, 0.1) is 22.7 Å². The summed E-state index contributed by atoms with van der Waals surface area (Å²) >= 11 is 0. The van der Waals surface area contributed by atoms with Gasteiger partial charge in [0.1, 0.15) is 11.9 Å². The molecule has 2 heterocycles. The van der Waals surface area contributed by atoms with Gasteiger partial charge in [0.15, 0.2) is 15.5 Å². The Bertz CT molecular complexity index is 620. The highest BCUT2D eigenvalue weighted by Crippen LogP contribution is 2.27. The van der Waals surface area contributed by atoms with Crippen molar-refractivity contribution in [1.82, 2.24) is 4.98 Å². The molecule has 1 aliphatic heterocycles. The molecular formula is C11H14N4O2S. The summed E-state index contributed by atoms with van der Waals surface area (Å²) in [6.45, 7) is 1.83. The number of anilines is 2. The van der Waals surface area contributed by atoms with Crippen molar-refractivity contribution in [3.63, 3.8) is 0 Å². The molecule has 96 valence electrons. The molecule has 3 N–H and O–H groups in total. The van der Waals surface area contributed by atoms with Crippen molar-refractivity contribution in [1.29, 1.82) is 5.26 Å². The first-order valence-electron chi connectivity index (χ1n) is 5.49. The van der Waals surface area contributed by atoms with Gasteiger partial charge in [-0.05, 0) is 25.5 Å². The van der Waals surface area contributed by atoms with Gasteiger partial charge in [-0.15, -0.1) is 0 Å². The summed E-state index contributed by atoms with van der Waals surface area (Å²) in [7, 11) is -2.98. The molecule has 0 saturated carbocycles. The highest BCUT2D eigenvalue weighted by atomic mass is 32.2. The Kier molecular flexibility index (Phi) is 2.91. The quantitative estimate of drug-likeness (QED) is 0.808. The van der Waals surface area contributed by atoms with Crippen molar-refractivity contribution < 1.29 is 8.42 Å². The molecule has 1 aliphatic rings. The molecule has 0 aliphatic carbocycles. The number of hydrogen-bond donors (Lipinski definition) is 2. The zero-order valence-electron chi connectivity index (χ0n) is 9.97. The van der Waals surface area contributed by atoms with Crippen LogP contribution in [0.25, 0.3) is 0 Å². The first-order chi connectivity index (χ1) is 8.34. The molecule has 1 unspecified atom stereocenters. The maximum atomic E-state index is 11.5. The molecule has 18 heavy (non-hydrogen) atoms. The van der Waals surface area contributed by atoms with E-state index in [2.05, 4.69) is 10.3 Å². The van der Waals surface area contributed by atoms with Crippen LogP contribution in [0.2, 0.25) is 0 Å². The number of nitriles is 1. The average Bonchev–Trinajstić information content (AvgIpc) is 2.56. The molecule has 6 nitrogen and oxygen atoms in total. The third kappa shape index (κ3) is 2.54. The number of nitrogens with two attached hydrogens (primary N) is 1. The zero-order valence-corrected chi connectivity index (χ0v) is 10.8. The smallest absolute Gasteiger partial charge is 0.165 e. The van der Waals surface area contributed by atoms with Gasteiger partial charge in [-0.1, -0.05) is 0 Å². The number of rotatable bonds is 2. The van der Waals surface area contributed by atoms with E-state index in [1.54, 1.807) is 12.1 Å². The van der Waals surface area contributed by atoms with E-state index < -0.39 is 15.4 Å². The maximum absolute atomic E-state index is 11.5. The van der Waals surface area contributed by atoms with Crippen LogP contribution in [0, 0.1) is 11.3 Å². The van der Waals surface area contributed by atoms with Crippen LogP contribution >= 0.6 is 0 Å². The fourth-order valence-corrected chi connectivity index (χ4v) is 4.14. The molecular weight excluding hydrogens is 252 g/mol. The van der Waals surface area contributed by atoms with Gasteiger partial charge in [0.25, 0.3) is 0 Å². The summed E-state index contributed by atoms with van der Waals surface area (Å²) in [5.41, 5.74) is 5.50. The largest absolute Gasteiger partial charge is 0.396 e. The van der Waals surface area contributed by atoms with Gasteiger partial charge in [-0.3, -0.25) is 0 Å². The molecule has 1 saturated heterocycles. The van der Waals surface area contributed by atoms with Crippen LogP contribution in [-0.4, -0.2) is 30.4 Å². The minimum atomic E-state index is -2.98. The molecule has 0 radical (unpaired) electrons. The molecule has 0 aromatic carbocycles. The lowest BCUT2D eigenvalue weighted by atomic mass is 10.0. The van der Waals surface area contributed by atoms with Crippen molar-refractivity contribution in [2.24, 2.45) is 0 Å². The Balaban J connectivity index is 2.23. The Labute approximate surface area is 106 Å². The van der Waals surface area contributed by atoms with Crippen LogP contribution in [0.1, 0.15) is 19.0 Å². The van der Waals surface area contributed by atoms with Gasteiger partial charge >= 0.3 is 0 Å². The van der Waals surface area contributed by atoms with Gasteiger partial charge in [-0.2, -0.15) is 5.26 Å². The van der Waals surface area contributed by atoms with E-state index in [4.69, 9.17) is 11.0 Å². The molecule has 2 rings (SSSR count). The normalized spacial score (nSPS) is 25.6. The number of nitrogens with one attached hydrogen (secondary N) is 1. The average molecular weight is 266 g/mol. The number of hydrogen-bond acceptors (Lipinski definition) is 6. The second-order valence-electron chi connectivity index (χ2n) is 4.77. The molecule has 1 fully saturated rings. The highest BCUT2D eigenvalue weighted by Gasteiger charge is 2.38. The van der Waals surface area contributed by atoms with Crippen LogP contribution in [-0.2, 0) is 9.84 Å². The zero-order chi connectivity index (χ0) is 13.4. The predicted octanol–water partition coefficient (Wildman–Crippen LogP) is 0.525. The van der Waals surface area contributed by atoms with Crippen LogP contribution < -0.4 is 11.1 Å². The second-order valence-corrected chi connectivity index (χ2v) is 6.96. The molecule has 1 atom stereocenters. The van der Waals surface area contributed by atoms with Crippen molar-refractivity contribution in [2.45, 2.75) is 18.9 Å². The van der Waals surface area contributed by atoms with E-state index in [1.165, 1.54) is 0 Å². The van der Waals surface area contributed by atoms with Crippen molar-refractivity contribution in [2.75, 3.05) is 22.6 Å². The van der Waals surface area contributed by atoms with Crippen molar-refractivity contribution >= 4 is 21.3 Å². The van der Waals surface area contributed by atoms with Crippen LogP contribution in [0.4, 0.5) is 11.5 Å². The lowest BCUT2D eigenvalue weighted by Gasteiger charge is -2.24. The lowest BCUT2D eigenvalue weighted by Crippen LogP contribution is -2.36. The first kappa shape index (κ1) is 12.6. The predicted molar refractivity (Wildman–Crippen MR) is 68.7 cm³/mol. The summed E-state index contributed by atoms with van der Waals surface area (Å²) < 4.78 is 23.0. The number of nitrogens with zero attached hydrogens (tertiary/aromatic N) is 2. The van der Waals surface area contributed by atoms with E-state index >= 15 is 0 Å². The van der Waals surface area contributed by atoms with E-state index in [9.17, 15) is 8.42 Å². The minimum absolute atomic E-state index is 0.0773. The van der Waals surface area contributed by atoms with Gasteiger partial charge in [0.2, 0.25) is 0 Å². The summed E-state index contributed by atoms with van der Waals surface area (Å²) in [5, 5.41) is 11.9. The van der Waals surface area contributed by atoms with Gasteiger partial charge < -0.3 is 11.1 Å². The van der Waals surface area contributed by atoms with E-state index in [-0.39, 0.29) is 17.2 Å². The summed E-state index contributed by atoms with van der Waals surface area (Å²) in [4.78, 5) is 4.06. The Morgan fingerprint density at radius 2 is 2.28 bits per heavy atom. The molecule has 0 bridgehead atoms. The summed E-state index contributed by atoms with van der Waals surface area (Å²) in [6, 6.07) is 5.12. The van der Waals surface area contributed by atoms with Crippen LogP contribution in [0.15, 0.2) is 12.1 Å². The Morgan fingerprint density at radius 1 is 1.56 bits per heavy atom. The Morgan fingerprint density at radius 3 is 2.83 bits per heavy atom. The maximum Gasteiger partial charge on any atom is 0.165 e. The first-order valence-corrected chi connectivity index (χ1v) is 7.31. The summed E-state index contributed by atoms with van der Waals surface area (Å²) in [6.07, 6.45) is 0.531. The number of aromatic nitrogens is 1. The Hall–Kier alpha value is -1.81. The fraction of sp³-hybridized carbons (Fsp3) is 0.455. The molecule has 1 aromatic heterocycles. The lowest BCUT2D eigenvalue weighted by molar-refractivity contribution is 0.572. The number of pyridine rings is 1. The highest BCUT2D eigenvalue weighted by molar-refractivity contribution is 7.91. The van der Waals surface area contributed by atoms with E-state index in [1.807, 2.05) is 13.0 Å². The summed E-state index contributed by atoms with van der Waals surface area (Å²) in [5.74, 6) is 0.727. The fourth-order valence-electron chi connectivity index (χ4n) is 2.05. The molecule has 7 heteroatoms. The topological polar surface area (TPSA) is 109 Å². The standard InChI is InChI=1S/C11H14N4O2S/c1-11(4-5-18(16,17)7-11)15-10-3-2-8(13)9(6-12)14-10/h2-3H,4-5,7,13H2,1H3,(H,14,15). The third-order valence-corrected chi connectivity index (χ3v) is 4.87. The van der Waals surface area contributed by atoms with Gasteiger partial charge in [0, 0.05) is 0 Å². The van der Waals surface area contributed by atoms with Crippen LogP contribution in [0.5, 0.6) is 0 Å². The van der Waals surface area contributed by atoms with Crippen molar-refractivity contribution in [3.05, 3.63) is 17.8 Å². The minimum Gasteiger partial charge on any atom is -0.396 e. The third-order valence-electron chi connectivity index (χ3n) is 2.97. The number of nitrogen functional groups attached to an aromatic ring is 1. The van der Waals surface area contributed by atoms with Crippen molar-refractivity contribution in [3.8, 4) is 6.07 Å². The van der Waals surface area contributed by atoms with Gasteiger partial charge in [-0.25, -0.2) is 13.4 Å². The van der Waals surface area contributed by atoms with E-state index in [0.717, 1.165) is 0 Å². The number of sulfone groups is 1. The second kappa shape index (κ2) is 4.14. The molecule has 0 spiro atoms. The van der Waals surface area contributed by atoms with Crippen LogP contribution in [0.3, 0.4) is 0 Å². The monoisotopic (exact) mass is 266 g/mol. The SMILES string of the molecule is CC1(Nc2ccc(N)c(C#N)n2)CCS(=O)(=O)C1. The molecule has 0 amide bonds. The molecule has 1 aromatic rings.